The predicted molar refractivity (Wildman–Crippen MR) is 56.3 cm³/mol. The largest absolute Gasteiger partial charge is 0.448 e. The first-order valence-corrected chi connectivity index (χ1v) is 4.82. The number of hydrogen-bond acceptors (Lipinski definition) is 3. The summed E-state index contributed by atoms with van der Waals surface area (Å²) < 4.78 is 5.21. The lowest BCUT2D eigenvalue weighted by atomic mass is 10.4. The third-order valence-electron chi connectivity index (χ3n) is 1.81. The summed E-state index contributed by atoms with van der Waals surface area (Å²) in [6.45, 7) is 5.74. The Morgan fingerprint density at radius 2 is 2.36 bits per heavy atom. The summed E-state index contributed by atoms with van der Waals surface area (Å²) >= 11 is 5.64. The zero-order chi connectivity index (χ0) is 10.4. The molecule has 1 N–H and O–H groups in total. The van der Waals surface area contributed by atoms with Crippen molar-refractivity contribution in [3.63, 3.8) is 0 Å². The Kier molecular flexibility index (Phi) is 4.73. The number of rotatable bonds is 6. The van der Waals surface area contributed by atoms with Gasteiger partial charge in [-0.3, -0.25) is 4.90 Å². The molecule has 14 heavy (non-hydrogen) atoms. The van der Waals surface area contributed by atoms with E-state index in [0.29, 0.717) is 18.3 Å². The van der Waals surface area contributed by atoms with Gasteiger partial charge in [-0.15, -0.1) is 6.58 Å². The van der Waals surface area contributed by atoms with Gasteiger partial charge in [-0.1, -0.05) is 6.08 Å². The van der Waals surface area contributed by atoms with Crippen molar-refractivity contribution in [3.8, 4) is 0 Å². The van der Waals surface area contributed by atoms with Crippen molar-refractivity contribution < 1.29 is 9.52 Å². The van der Waals surface area contributed by atoms with Crippen molar-refractivity contribution in [3.05, 3.63) is 35.8 Å². The lowest BCUT2D eigenvalue weighted by Crippen LogP contribution is -2.26. The Bertz CT molecular complexity index is 285. The summed E-state index contributed by atoms with van der Waals surface area (Å²) in [6, 6.07) is 3.54. The van der Waals surface area contributed by atoms with Crippen LogP contribution in [0, 0.1) is 0 Å². The van der Waals surface area contributed by atoms with Crippen molar-refractivity contribution >= 4 is 11.6 Å². The topological polar surface area (TPSA) is 36.6 Å². The van der Waals surface area contributed by atoms with Crippen LogP contribution >= 0.6 is 11.6 Å². The molecule has 78 valence electrons. The van der Waals surface area contributed by atoms with Gasteiger partial charge in [-0.05, 0) is 23.7 Å². The molecular weight excluding hydrogens is 202 g/mol. The van der Waals surface area contributed by atoms with Gasteiger partial charge in [0.2, 0.25) is 0 Å². The fraction of sp³-hybridized carbons (Fsp3) is 0.400. The van der Waals surface area contributed by atoms with Crippen LogP contribution in [0.25, 0.3) is 0 Å². The fourth-order valence-electron chi connectivity index (χ4n) is 1.22. The Hall–Kier alpha value is -0.770. The number of aliphatic hydroxyl groups is 1. The molecule has 1 aromatic rings. The maximum absolute atomic E-state index is 8.81. The third kappa shape index (κ3) is 3.54. The average Bonchev–Trinajstić information content (AvgIpc) is 2.52. The Balaban J connectivity index is 2.49. The molecule has 1 rings (SSSR count). The van der Waals surface area contributed by atoms with Crippen LogP contribution in [0.4, 0.5) is 0 Å². The lowest BCUT2D eigenvalue weighted by Gasteiger charge is -2.17. The highest BCUT2D eigenvalue weighted by Crippen LogP contribution is 2.14. The summed E-state index contributed by atoms with van der Waals surface area (Å²) in [5, 5.41) is 9.21. The van der Waals surface area contributed by atoms with Gasteiger partial charge in [0.25, 0.3) is 0 Å². The van der Waals surface area contributed by atoms with Crippen LogP contribution in [0.2, 0.25) is 5.22 Å². The van der Waals surface area contributed by atoms with E-state index < -0.39 is 0 Å². The molecule has 0 amide bonds. The van der Waals surface area contributed by atoms with Crippen LogP contribution in [-0.2, 0) is 6.54 Å². The molecule has 4 heteroatoms. The summed E-state index contributed by atoms with van der Waals surface area (Å²) in [5.74, 6) is 0.797. The smallest absolute Gasteiger partial charge is 0.193 e. The molecule has 0 radical (unpaired) electrons. The molecule has 0 saturated carbocycles. The molecule has 3 nitrogen and oxygen atoms in total. The van der Waals surface area contributed by atoms with Gasteiger partial charge in [0, 0.05) is 13.1 Å². The first kappa shape index (κ1) is 11.3. The maximum atomic E-state index is 8.81. The zero-order valence-electron chi connectivity index (χ0n) is 7.95. The minimum Gasteiger partial charge on any atom is -0.448 e. The van der Waals surface area contributed by atoms with Crippen LogP contribution in [-0.4, -0.2) is 29.7 Å². The van der Waals surface area contributed by atoms with Gasteiger partial charge >= 0.3 is 0 Å². The second-order valence-electron chi connectivity index (χ2n) is 2.95. The van der Waals surface area contributed by atoms with Crippen molar-refractivity contribution in [1.82, 2.24) is 4.90 Å². The van der Waals surface area contributed by atoms with Gasteiger partial charge in [0.05, 0.1) is 13.2 Å². The van der Waals surface area contributed by atoms with Crippen LogP contribution in [0.3, 0.4) is 0 Å². The summed E-state index contributed by atoms with van der Waals surface area (Å²) in [5.41, 5.74) is 0. The fourth-order valence-corrected chi connectivity index (χ4v) is 1.38. The Morgan fingerprint density at radius 1 is 1.57 bits per heavy atom. The first-order chi connectivity index (χ1) is 6.76. The van der Waals surface area contributed by atoms with E-state index in [4.69, 9.17) is 21.1 Å². The van der Waals surface area contributed by atoms with Crippen LogP contribution in [0.5, 0.6) is 0 Å². The van der Waals surface area contributed by atoms with E-state index in [9.17, 15) is 0 Å². The molecule has 0 saturated heterocycles. The highest BCUT2D eigenvalue weighted by atomic mass is 35.5. The number of nitrogens with zero attached hydrogens (tertiary/aromatic N) is 1. The number of hydrogen-bond donors (Lipinski definition) is 1. The zero-order valence-corrected chi connectivity index (χ0v) is 8.70. The van der Waals surface area contributed by atoms with Crippen LogP contribution < -0.4 is 0 Å². The molecule has 0 atom stereocenters. The van der Waals surface area contributed by atoms with E-state index in [2.05, 4.69) is 6.58 Å². The Labute approximate surface area is 88.6 Å². The summed E-state index contributed by atoms with van der Waals surface area (Å²) in [6.07, 6.45) is 1.79. The third-order valence-corrected chi connectivity index (χ3v) is 2.01. The summed E-state index contributed by atoms with van der Waals surface area (Å²) in [7, 11) is 0. The van der Waals surface area contributed by atoms with Gasteiger partial charge in [-0.25, -0.2) is 0 Å². The monoisotopic (exact) mass is 215 g/mol. The van der Waals surface area contributed by atoms with Crippen LogP contribution in [0.1, 0.15) is 5.76 Å². The number of aliphatic hydroxyl groups excluding tert-OH is 1. The van der Waals surface area contributed by atoms with E-state index in [-0.39, 0.29) is 6.61 Å². The summed E-state index contributed by atoms with van der Waals surface area (Å²) in [4.78, 5) is 2.02. The van der Waals surface area contributed by atoms with Gasteiger partial charge < -0.3 is 9.52 Å². The molecule has 1 heterocycles. The van der Waals surface area contributed by atoms with Gasteiger partial charge in [0.1, 0.15) is 5.76 Å². The lowest BCUT2D eigenvalue weighted by molar-refractivity contribution is 0.194. The SMILES string of the molecule is C=CCN(CCO)Cc1ccc(Cl)o1. The molecule has 0 bridgehead atoms. The molecular formula is C10H14ClNO2. The molecule has 1 aromatic heterocycles. The molecule has 0 fully saturated rings. The van der Waals surface area contributed by atoms with Crippen LogP contribution in [0.15, 0.2) is 29.2 Å². The van der Waals surface area contributed by atoms with Crippen molar-refractivity contribution in [1.29, 1.82) is 0 Å². The molecule has 0 aliphatic heterocycles. The molecule has 0 unspecified atom stereocenters. The second kappa shape index (κ2) is 5.86. The molecule has 0 aliphatic rings. The quantitative estimate of drug-likeness (QED) is 0.737. The predicted octanol–water partition coefficient (Wildman–Crippen LogP) is 1.91. The van der Waals surface area contributed by atoms with Crippen molar-refractivity contribution in [2.24, 2.45) is 0 Å². The van der Waals surface area contributed by atoms with E-state index >= 15 is 0 Å². The van der Waals surface area contributed by atoms with Gasteiger partial charge in [0.15, 0.2) is 5.22 Å². The highest BCUT2D eigenvalue weighted by Gasteiger charge is 2.06. The van der Waals surface area contributed by atoms with E-state index in [1.54, 1.807) is 12.1 Å². The molecule has 0 aliphatic carbocycles. The van der Waals surface area contributed by atoms with E-state index in [0.717, 1.165) is 12.3 Å². The minimum absolute atomic E-state index is 0.127. The number of halogens is 1. The first-order valence-electron chi connectivity index (χ1n) is 4.44. The minimum atomic E-state index is 0.127. The normalized spacial score (nSPS) is 10.8. The van der Waals surface area contributed by atoms with Gasteiger partial charge in [-0.2, -0.15) is 0 Å². The Morgan fingerprint density at radius 3 is 2.86 bits per heavy atom. The maximum Gasteiger partial charge on any atom is 0.193 e. The van der Waals surface area contributed by atoms with Crippen molar-refractivity contribution in [2.75, 3.05) is 19.7 Å². The number of furan rings is 1. The average molecular weight is 216 g/mol. The van der Waals surface area contributed by atoms with E-state index in [1.165, 1.54) is 0 Å². The standard InChI is InChI=1S/C10H14ClNO2/c1-2-5-12(6-7-13)8-9-3-4-10(11)14-9/h2-4,13H,1,5-8H2. The highest BCUT2D eigenvalue weighted by molar-refractivity contribution is 6.28. The van der Waals surface area contributed by atoms with E-state index in [1.807, 2.05) is 11.0 Å². The molecule has 0 aromatic carbocycles. The molecule has 0 spiro atoms. The second-order valence-corrected chi connectivity index (χ2v) is 3.33. The van der Waals surface area contributed by atoms with Crippen molar-refractivity contribution in [2.45, 2.75) is 6.54 Å².